The maximum atomic E-state index is 11.7. The molecule has 0 heterocycles. The predicted octanol–water partition coefficient (Wildman–Crippen LogP) is 2.01. The van der Waals surface area contributed by atoms with Crippen molar-refractivity contribution in [2.75, 3.05) is 26.4 Å². The van der Waals surface area contributed by atoms with E-state index in [9.17, 15) is 14.4 Å². The monoisotopic (exact) mass is 377 g/mol. The molecule has 0 aliphatic heterocycles. The first kappa shape index (κ1) is 21.8. The summed E-state index contributed by atoms with van der Waals surface area (Å²) in [5.41, 5.74) is 0.216. The Hall–Kier alpha value is -3.29. The van der Waals surface area contributed by atoms with Gasteiger partial charge in [0.15, 0.2) is 6.10 Å². The van der Waals surface area contributed by atoms with Crippen molar-refractivity contribution in [3.63, 3.8) is 0 Å². The molecule has 1 aromatic carbocycles. The van der Waals surface area contributed by atoms with Gasteiger partial charge in [0.05, 0.1) is 6.54 Å². The molecule has 0 aromatic heterocycles. The molecule has 146 valence electrons. The molecule has 1 unspecified atom stereocenters. The molecule has 0 bridgehead atoms. The summed E-state index contributed by atoms with van der Waals surface area (Å²) in [5, 5.41) is 2.40. The van der Waals surface area contributed by atoms with Crippen molar-refractivity contribution < 1.29 is 33.3 Å². The molecule has 0 saturated carbocycles. The van der Waals surface area contributed by atoms with Crippen LogP contribution in [0.25, 0.3) is 0 Å². The Kier molecular flexibility index (Phi) is 9.77. The highest BCUT2D eigenvalue weighted by Gasteiger charge is 2.18. The van der Waals surface area contributed by atoms with Crippen LogP contribution >= 0.6 is 0 Å². The summed E-state index contributed by atoms with van der Waals surface area (Å²) >= 11 is 0. The van der Waals surface area contributed by atoms with Gasteiger partial charge in [-0.25, -0.2) is 14.4 Å². The Morgan fingerprint density at radius 3 is 2.48 bits per heavy atom. The summed E-state index contributed by atoms with van der Waals surface area (Å²) in [4.78, 5) is 34.2. The van der Waals surface area contributed by atoms with Crippen molar-refractivity contribution in [3.05, 3.63) is 55.1 Å². The zero-order valence-electron chi connectivity index (χ0n) is 15.1. The Bertz CT molecular complexity index is 657. The number of carbonyl (C=O) groups excluding carboxylic acids is 3. The fourth-order valence-corrected chi connectivity index (χ4v) is 1.66. The number of benzene rings is 1. The van der Waals surface area contributed by atoms with Crippen molar-refractivity contribution in [2.24, 2.45) is 0 Å². The third-order valence-corrected chi connectivity index (χ3v) is 2.98. The highest BCUT2D eigenvalue weighted by molar-refractivity contribution is 5.87. The molecule has 1 amide bonds. The summed E-state index contributed by atoms with van der Waals surface area (Å²) in [6.45, 7) is 8.09. The van der Waals surface area contributed by atoms with E-state index in [2.05, 4.69) is 18.5 Å². The smallest absolute Gasteiger partial charge is 0.407 e. The molecule has 8 nitrogen and oxygen atoms in total. The maximum Gasteiger partial charge on any atom is 0.407 e. The van der Waals surface area contributed by atoms with Crippen LogP contribution in [0.1, 0.15) is 6.92 Å². The van der Waals surface area contributed by atoms with Gasteiger partial charge in [-0.3, -0.25) is 0 Å². The number of esters is 2. The van der Waals surface area contributed by atoms with Gasteiger partial charge in [-0.15, -0.1) is 0 Å². The van der Waals surface area contributed by atoms with Gasteiger partial charge in [0.1, 0.15) is 25.6 Å². The number of hydrogen-bond donors (Lipinski definition) is 1. The standard InChI is InChI=1S/C19H23NO7/c1-4-17(21)24-11-10-20-19(23)26-13-16(27-18(22)14(2)3)12-25-15-8-6-5-7-9-15/h4-9,16H,1-2,10-13H2,3H3,(H,20,23). The van der Waals surface area contributed by atoms with E-state index in [1.807, 2.05) is 6.07 Å². The average Bonchev–Trinajstić information content (AvgIpc) is 2.67. The van der Waals surface area contributed by atoms with Crippen molar-refractivity contribution in [1.82, 2.24) is 5.32 Å². The minimum absolute atomic E-state index is 0.00669. The third-order valence-electron chi connectivity index (χ3n) is 2.98. The lowest BCUT2D eigenvalue weighted by Gasteiger charge is -2.18. The largest absolute Gasteiger partial charge is 0.490 e. The topological polar surface area (TPSA) is 100 Å². The Morgan fingerprint density at radius 1 is 1.15 bits per heavy atom. The average molecular weight is 377 g/mol. The number of nitrogens with one attached hydrogen (secondary N) is 1. The zero-order valence-corrected chi connectivity index (χ0v) is 15.1. The molecule has 1 N–H and O–H groups in total. The first-order valence-electron chi connectivity index (χ1n) is 8.16. The molecule has 0 aliphatic carbocycles. The fourth-order valence-electron chi connectivity index (χ4n) is 1.66. The quantitative estimate of drug-likeness (QED) is 0.272. The van der Waals surface area contributed by atoms with Crippen LogP contribution in [0.2, 0.25) is 0 Å². The van der Waals surface area contributed by atoms with Crippen LogP contribution in [0, 0.1) is 0 Å². The summed E-state index contributed by atoms with van der Waals surface area (Å²) in [7, 11) is 0. The zero-order chi connectivity index (χ0) is 20.1. The molecule has 8 heteroatoms. The van der Waals surface area contributed by atoms with Gasteiger partial charge < -0.3 is 24.3 Å². The number of ether oxygens (including phenoxy) is 4. The minimum atomic E-state index is -0.821. The highest BCUT2D eigenvalue weighted by atomic mass is 16.6. The lowest BCUT2D eigenvalue weighted by molar-refractivity contribution is -0.148. The van der Waals surface area contributed by atoms with Crippen molar-refractivity contribution in [3.8, 4) is 5.75 Å². The van der Waals surface area contributed by atoms with Crippen molar-refractivity contribution >= 4 is 18.0 Å². The minimum Gasteiger partial charge on any atom is -0.490 e. The molecule has 1 atom stereocenters. The number of amides is 1. The molecule has 0 radical (unpaired) electrons. The Labute approximate surface area is 157 Å². The van der Waals surface area contributed by atoms with E-state index in [4.69, 9.17) is 18.9 Å². The van der Waals surface area contributed by atoms with E-state index in [0.29, 0.717) is 5.75 Å². The van der Waals surface area contributed by atoms with Crippen LogP contribution in [0.4, 0.5) is 4.79 Å². The molecule has 0 aliphatic rings. The number of para-hydroxylation sites is 1. The summed E-state index contributed by atoms with van der Waals surface area (Å²) < 4.78 is 20.5. The van der Waals surface area contributed by atoms with E-state index in [1.54, 1.807) is 24.3 Å². The van der Waals surface area contributed by atoms with Gasteiger partial charge in [-0.2, -0.15) is 0 Å². The van der Waals surface area contributed by atoms with Crippen LogP contribution in [0.15, 0.2) is 55.1 Å². The molecule has 1 aromatic rings. The lowest BCUT2D eigenvalue weighted by Crippen LogP contribution is -2.35. The van der Waals surface area contributed by atoms with E-state index in [1.165, 1.54) is 6.92 Å². The van der Waals surface area contributed by atoms with Gasteiger partial charge in [0.25, 0.3) is 0 Å². The SMILES string of the molecule is C=CC(=O)OCCNC(=O)OCC(COc1ccccc1)OC(=O)C(=C)C. The molecule has 0 spiro atoms. The van der Waals surface area contributed by atoms with Crippen LogP contribution in [-0.4, -0.2) is 50.5 Å². The van der Waals surface area contributed by atoms with Crippen molar-refractivity contribution in [1.29, 1.82) is 0 Å². The molecule has 1 rings (SSSR count). The number of hydrogen-bond acceptors (Lipinski definition) is 7. The second kappa shape index (κ2) is 12.1. The number of carbonyl (C=O) groups is 3. The Balaban J connectivity index is 2.43. The molecular weight excluding hydrogens is 354 g/mol. The molecule has 0 fully saturated rings. The molecular formula is C19H23NO7. The number of rotatable bonds is 11. The molecule has 0 saturated heterocycles. The van der Waals surface area contributed by atoms with E-state index in [-0.39, 0.29) is 31.9 Å². The van der Waals surface area contributed by atoms with Crippen LogP contribution in [-0.2, 0) is 23.8 Å². The number of alkyl carbamates (subject to hydrolysis) is 1. The summed E-state index contributed by atoms with van der Waals surface area (Å²) in [5.74, 6) is -0.616. The maximum absolute atomic E-state index is 11.7. The van der Waals surface area contributed by atoms with Gasteiger partial charge in [0, 0.05) is 11.6 Å². The summed E-state index contributed by atoms with van der Waals surface area (Å²) in [6.07, 6.45) is -0.550. The first-order chi connectivity index (χ1) is 12.9. The van der Waals surface area contributed by atoms with Crippen LogP contribution in [0.5, 0.6) is 5.75 Å². The van der Waals surface area contributed by atoms with Crippen LogP contribution < -0.4 is 10.1 Å². The lowest BCUT2D eigenvalue weighted by atomic mass is 10.3. The van der Waals surface area contributed by atoms with Crippen LogP contribution in [0.3, 0.4) is 0 Å². The van der Waals surface area contributed by atoms with E-state index < -0.39 is 24.1 Å². The van der Waals surface area contributed by atoms with Gasteiger partial charge in [0.2, 0.25) is 0 Å². The molecule has 27 heavy (non-hydrogen) atoms. The predicted molar refractivity (Wildman–Crippen MR) is 97.1 cm³/mol. The first-order valence-corrected chi connectivity index (χ1v) is 8.16. The van der Waals surface area contributed by atoms with Gasteiger partial charge in [-0.1, -0.05) is 31.4 Å². The second-order valence-corrected chi connectivity index (χ2v) is 5.33. The Morgan fingerprint density at radius 2 is 1.85 bits per heavy atom. The highest BCUT2D eigenvalue weighted by Crippen LogP contribution is 2.10. The van der Waals surface area contributed by atoms with E-state index in [0.717, 1.165) is 6.08 Å². The fraction of sp³-hybridized carbons (Fsp3) is 0.316. The summed E-state index contributed by atoms with van der Waals surface area (Å²) in [6, 6.07) is 8.93. The second-order valence-electron chi connectivity index (χ2n) is 5.33. The van der Waals surface area contributed by atoms with E-state index >= 15 is 0 Å². The van der Waals surface area contributed by atoms with Gasteiger partial charge >= 0.3 is 18.0 Å². The normalized spacial score (nSPS) is 10.9. The van der Waals surface area contributed by atoms with Crippen molar-refractivity contribution in [2.45, 2.75) is 13.0 Å². The van der Waals surface area contributed by atoms with Gasteiger partial charge in [-0.05, 0) is 19.1 Å². The third kappa shape index (κ3) is 9.69.